The van der Waals surface area contributed by atoms with Gasteiger partial charge in [0, 0.05) is 5.41 Å². The van der Waals surface area contributed by atoms with Crippen molar-refractivity contribution >= 4 is 0 Å². The molecule has 41 heavy (non-hydrogen) atoms. The van der Waals surface area contributed by atoms with E-state index in [2.05, 4.69) is 0 Å². The second-order valence-electron chi connectivity index (χ2n) is 10.8. The Morgan fingerprint density at radius 1 is 0.439 bits per heavy atom. The maximum atomic E-state index is 10.3. The van der Waals surface area contributed by atoms with Crippen LogP contribution in [0.25, 0.3) is 0 Å². The van der Waals surface area contributed by atoms with Crippen LogP contribution >= 0.6 is 0 Å². The highest BCUT2D eigenvalue weighted by Gasteiger charge is 2.48. The lowest BCUT2D eigenvalue weighted by Gasteiger charge is -2.43. The standard InChI is InChI=1S/C23H42O18/c1-23(5-36-20-17(33)14(30)11(27)8(2-24)39-20,6-37-21-18(34)15(31)12(28)9(3-25)40-21)7-38-22-19(35)16(32)13(29)10(4-26)41-22/h8-22,24-35H,2-7H2,1H3. The molecule has 3 heterocycles. The minimum Gasteiger partial charge on any atom is -0.394 e. The van der Waals surface area contributed by atoms with Crippen LogP contribution in [0.4, 0.5) is 0 Å². The number of rotatable bonds is 12. The van der Waals surface area contributed by atoms with Crippen molar-refractivity contribution in [3.05, 3.63) is 0 Å². The molecule has 0 aromatic carbocycles. The second-order valence-corrected chi connectivity index (χ2v) is 10.8. The topological polar surface area (TPSA) is 298 Å². The van der Waals surface area contributed by atoms with Gasteiger partial charge < -0.3 is 89.7 Å². The lowest BCUT2D eigenvalue weighted by atomic mass is 9.93. The van der Waals surface area contributed by atoms with Crippen molar-refractivity contribution in [2.24, 2.45) is 5.41 Å². The molecule has 3 fully saturated rings. The first-order chi connectivity index (χ1) is 19.3. The fourth-order valence-corrected chi connectivity index (χ4v) is 4.59. The van der Waals surface area contributed by atoms with Gasteiger partial charge in [-0.25, -0.2) is 0 Å². The molecule has 3 aliphatic rings. The summed E-state index contributed by atoms with van der Waals surface area (Å²) < 4.78 is 32.9. The first-order valence-corrected chi connectivity index (χ1v) is 13.0. The summed E-state index contributed by atoms with van der Waals surface area (Å²) in [6, 6.07) is 0. The van der Waals surface area contributed by atoms with Gasteiger partial charge in [-0.1, -0.05) is 6.92 Å². The lowest BCUT2D eigenvalue weighted by Crippen LogP contribution is -2.61. The third-order valence-electron chi connectivity index (χ3n) is 7.33. The maximum Gasteiger partial charge on any atom is 0.186 e. The quantitative estimate of drug-likeness (QED) is 0.0981. The normalized spacial score (nSPS) is 47.2. The smallest absolute Gasteiger partial charge is 0.186 e. The fraction of sp³-hybridized carbons (Fsp3) is 1.00. The minimum absolute atomic E-state index is 0.426. The van der Waals surface area contributed by atoms with Crippen LogP contribution in [0.2, 0.25) is 0 Å². The molecule has 12 N–H and O–H groups in total. The Kier molecular flexibility index (Phi) is 12.6. The van der Waals surface area contributed by atoms with Gasteiger partial charge in [0.1, 0.15) is 73.2 Å². The summed E-state index contributed by atoms with van der Waals surface area (Å²) in [6.07, 6.45) is -23.8. The molecule has 242 valence electrons. The second kappa shape index (κ2) is 14.8. The van der Waals surface area contributed by atoms with Gasteiger partial charge in [0.2, 0.25) is 0 Å². The highest BCUT2D eigenvalue weighted by molar-refractivity contribution is 4.92. The van der Waals surface area contributed by atoms with Gasteiger partial charge >= 0.3 is 0 Å². The third-order valence-corrected chi connectivity index (χ3v) is 7.33. The Hall–Kier alpha value is -0.720. The van der Waals surface area contributed by atoms with E-state index in [0.29, 0.717) is 0 Å². The van der Waals surface area contributed by atoms with Crippen LogP contribution in [0.1, 0.15) is 6.92 Å². The molecule has 0 radical (unpaired) electrons. The SMILES string of the molecule is CC(COC1OC(CO)C(O)C(O)C1O)(COC1OC(CO)C(O)C(O)C1O)COC1OC(CO)C(O)C(O)C1O. The Morgan fingerprint density at radius 2 is 0.683 bits per heavy atom. The van der Waals surface area contributed by atoms with E-state index in [4.69, 9.17) is 28.4 Å². The van der Waals surface area contributed by atoms with Crippen LogP contribution < -0.4 is 0 Å². The molecule has 15 unspecified atom stereocenters. The highest BCUT2D eigenvalue weighted by Crippen LogP contribution is 2.30. The van der Waals surface area contributed by atoms with Gasteiger partial charge in [-0.05, 0) is 0 Å². The van der Waals surface area contributed by atoms with Crippen molar-refractivity contribution in [2.75, 3.05) is 39.6 Å². The molecular weight excluding hydrogens is 564 g/mol. The first-order valence-electron chi connectivity index (χ1n) is 13.0. The van der Waals surface area contributed by atoms with Gasteiger partial charge in [-0.15, -0.1) is 0 Å². The van der Waals surface area contributed by atoms with Crippen molar-refractivity contribution in [3.8, 4) is 0 Å². The minimum atomic E-state index is -1.74. The summed E-state index contributed by atoms with van der Waals surface area (Å²) in [5, 5.41) is 119. The van der Waals surface area contributed by atoms with Crippen molar-refractivity contribution in [2.45, 2.75) is 99.0 Å². The number of ether oxygens (including phenoxy) is 6. The van der Waals surface area contributed by atoms with Crippen LogP contribution in [-0.4, -0.2) is 193 Å². The molecule has 18 heteroatoms. The van der Waals surface area contributed by atoms with Crippen molar-refractivity contribution in [1.29, 1.82) is 0 Å². The highest BCUT2D eigenvalue weighted by atomic mass is 16.7. The molecule has 0 bridgehead atoms. The summed E-state index contributed by atoms with van der Waals surface area (Å²) in [4.78, 5) is 0. The van der Waals surface area contributed by atoms with Gasteiger partial charge in [-0.2, -0.15) is 0 Å². The van der Waals surface area contributed by atoms with Crippen LogP contribution in [0.15, 0.2) is 0 Å². The first kappa shape index (κ1) is 34.8. The Morgan fingerprint density at radius 3 is 0.902 bits per heavy atom. The summed E-state index contributed by atoms with van der Waals surface area (Å²) >= 11 is 0. The van der Waals surface area contributed by atoms with E-state index in [1.165, 1.54) is 6.92 Å². The predicted octanol–water partition coefficient (Wildman–Crippen LogP) is -7.56. The molecule has 18 nitrogen and oxygen atoms in total. The zero-order chi connectivity index (χ0) is 30.6. The van der Waals surface area contributed by atoms with Gasteiger partial charge in [0.15, 0.2) is 18.9 Å². The number of hydrogen-bond acceptors (Lipinski definition) is 18. The van der Waals surface area contributed by atoms with Crippen LogP contribution in [0.3, 0.4) is 0 Å². The molecule has 0 saturated carbocycles. The van der Waals surface area contributed by atoms with E-state index in [1.807, 2.05) is 0 Å². The average Bonchev–Trinajstić information content (AvgIpc) is 2.96. The molecule has 3 rings (SSSR count). The summed E-state index contributed by atoms with van der Waals surface area (Å²) in [5.41, 5.74) is -1.34. The van der Waals surface area contributed by atoms with E-state index in [-0.39, 0.29) is 0 Å². The molecule has 0 aliphatic carbocycles. The van der Waals surface area contributed by atoms with E-state index < -0.39 is 137 Å². The molecule has 0 amide bonds. The van der Waals surface area contributed by atoms with E-state index in [1.54, 1.807) is 0 Å². The van der Waals surface area contributed by atoms with Crippen LogP contribution in [0.5, 0.6) is 0 Å². The monoisotopic (exact) mass is 606 g/mol. The van der Waals surface area contributed by atoms with Gasteiger partial charge in [0.25, 0.3) is 0 Å². The molecule has 0 aromatic rings. The molecule has 3 saturated heterocycles. The number of aliphatic hydroxyl groups excluding tert-OH is 12. The van der Waals surface area contributed by atoms with Crippen LogP contribution in [-0.2, 0) is 28.4 Å². The summed E-state index contributed by atoms with van der Waals surface area (Å²) in [5.74, 6) is 0. The Balaban J connectivity index is 1.73. The zero-order valence-corrected chi connectivity index (χ0v) is 22.2. The molecule has 3 aliphatic heterocycles. The Labute approximate surface area is 234 Å². The fourth-order valence-electron chi connectivity index (χ4n) is 4.59. The van der Waals surface area contributed by atoms with Crippen molar-refractivity contribution < 1.29 is 89.7 Å². The van der Waals surface area contributed by atoms with Gasteiger partial charge in [0.05, 0.1) is 39.6 Å². The average molecular weight is 607 g/mol. The van der Waals surface area contributed by atoms with Gasteiger partial charge in [-0.3, -0.25) is 0 Å². The summed E-state index contributed by atoms with van der Waals surface area (Å²) in [7, 11) is 0. The third kappa shape index (κ3) is 7.87. The largest absolute Gasteiger partial charge is 0.394 e. The van der Waals surface area contributed by atoms with E-state index in [9.17, 15) is 61.3 Å². The van der Waals surface area contributed by atoms with Crippen molar-refractivity contribution in [3.63, 3.8) is 0 Å². The molecular formula is C23H42O18. The Bertz CT molecular complexity index is 688. The summed E-state index contributed by atoms with van der Waals surface area (Å²) in [6.45, 7) is -1.90. The number of aliphatic hydroxyl groups is 12. The molecule has 0 spiro atoms. The van der Waals surface area contributed by atoms with E-state index >= 15 is 0 Å². The molecule has 0 aromatic heterocycles. The lowest BCUT2D eigenvalue weighted by molar-refractivity contribution is -0.329. The zero-order valence-electron chi connectivity index (χ0n) is 22.2. The molecule has 15 atom stereocenters. The predicted molar refractivity (Wildman–Crippen MR) is 127 cm³/mol. The van der Waals surface area contributed by atoms with E-state index in [0.717, 1.165) is 0 Å². The van der Waals surface area contributed by atoms with Crippen molar-refractivity contribution in [1.82, 2.24) is 0 Å². The van der Waals surface area contributed by atoms with Crippen LogP contribution in [0, 0.1) is 5.41 Å². The maximum absolute atomic E-state index is 10.3. The number of hydrogen-bond donors (Lipinski definition) is 12.